The summed E-state index contributed by atoms with van der Waals surface area (Å²) in [6.07, 6.45) is -2.12. The second-order valence-corrected chi connectivity index (χ2v) is 9.08. The molecule has 1 aliphatic heterocycles. The predicted molar refractivity (Wildman–Crippen MR) is 120 cm³/mol. The van der Waals surface area contributed by atoms with Gasteiger partial charge >= 0.3 is 6.18 Å². The second kappa shape index (κ2) is 8.65. The van der Waals surface area contributed by atoms with Gasteiger partial charge in [-0.15, -0.1) is 0 Å². The first-order valence-corrected chi connectivity index (χ1v) is 10.7. The predicted octanol–water partition coefficient (Wildman–Crippen LogP) is 4.95. The van der Waals surface area contributed by atoms with Gasteiger partial charge in [0, 0.05) is 34.2 Å². The van der Waals surface area contributed by atoms with Gasteiger partial charge in [-0.2, -0.15) is 13.2 Å². The van der Waals surface area contributed by atoms with E-state index in [0.29, 0.717) is 27.5 Å². The molecule has 1 fully saturated rings. The molecule has 34 heavy (non-hydrogen) atoms. The van der Waals surface area contributed by atoms with Crippen LogP contribution in [0.3, 0.4) is 0 Å². The minimum absolute atomic E-state index is 0.0616. The van der Waals surface area contributed by atoms with Crippen molar-refractivity contribution in [3.05, 3.63) is 76.8 Å². The third-order valence-electron chi connectivity index (χ3n) is 5.65. The van der Waals surface area contributed by atoms with Crippen molar-refractivity contribution >= 4 is 23.2 Å². The van der Waals surface area contributed by atoms with Crippen LogP contribution in [0.2, 0.25) is 5.02 Å². The van der Waals surface area contributed by atoms with Gasteiger partial charge in [-0.3, -0.25) is 14.8 Å². The Kier molecular flexibility index (Phi) is 6.14. The molecule has 1 aliphatic rings. The molecule has 178 valence electrons. The molecule has 1 aromatic carbocycles. The lowest BCUT2D eigenvalue weighted by Crippen LogP contribution is -2.56. The number of hydrogen-bond donors (Lipinski definition) is 2. The molecule has 3 heterocycles. The molecular formula is C24H21ClF3N3O3. The molecule has 0 unspecified atom stereocenters. The average molecular weight is 492 g/mol. The standard InChI is InChI=1S/C24H21ClF3N3O3/c1-22(2,33)18-9-20(24(26,27)28)30-11-17(18)14-3-8-19(29-10-14)23(12-34-13-23)21(32)31-16-6-4-15(25)5-7-16/h3-11,33H,12-13H2,1-2H3,(H,31,32). The van der Waals surface area contributed by atoms with Gasteiger partial charge in [0.25, 0.3) is 0 Å². The Morgan fingerprint density at radius 3 is 2.26 bits per heavy atom. The summed E-state index contributed by atoms with van der Waals surface area (Å²) in [4.78, 5) is 21.0. The summed E-state index contributed by atoms with van der Waals surface area (Å²) in [5.74, 6) is -0.297. The Morgan fingerprint density at radius 2 is 1.76 bits per heavy atom. The number of hydrogen-bond acceptors (Lipinski definition) is 5. The number of nitrogens with one attached hydrogen (secondary N) is 1. The van der Waals surface area contributed by atoms with Gasteiger partial charge in [0.2, 0.25) is 5.91 Å². The average Bonchev–Trinajstić information content (AvgIpc) is 2.73. The van der Waals surface area contributed by atoms with Crippen molar-refractivity contribution in [2.75, 3.05) is 18.5 Å². The zero-order valence-corrected chi connectivity index (χ0v) is 19.0. The van der Waals surface area contributed by atoms with Crippen LogP contribution in [0.1, 0.15) is 30.8 Å². The first-order valence-electron chi connectivity index (χ1n) is 10.3. The molecule has 2 aromatic heterocycles. The second-order valence-electron chi connectivity index (χ2n) is 8.64. The number of anilines is 1. The van der Waals surface area contributed by atoms with E-state index in [1.54, 1.807) is 36.4 Å². The van der Waals surface area contributed by atoms with E-state index in [4.69, 9.17) is 16.3 Å². The summed E-state index contributed by atoms with van der Waals surface area (Å²) in [5.41, 5.74) is -1.80. The van der Waals surface area contributed by atoms with Crippen molar-refractivity contribution in [1.29, 1.82) is 0 Å². The molecule has 0 saturated carbocycles. The molecule has 6 nitrogen and oxygen atoms in total. The Bertz CT molecular complexity index is 1200. The minimum atomic E-state index is -4.64. The van der Waals surface area contributed by atoms with E-state index >= 15 is 0 Å². The smallest absolute Gasteiger partial charge is 0.386 e. The van der Waals surface area contributed by atoms with Crippen molar-refractivity contribution in [3.8, 4) is 11.1 Å². The first kappa shape index (κ1) is 24.1. The summed E-state index contributed by atoms with van der Waals surface area (Å²) < 4.78 is 44.8. The van der Waals surface area contributed by atoms with Crippen molar-refractivity contribution in [2.24, 2.45) is 0 Å². The first-order chi connectivity index (χ1) is 15.9. The van der Waals surface area contributed by atoms with Crippen LogP contribution in [-0.4, -0.2) is 34.2 Å². The molecule has 1 amide bonds. The third kappa shape index (κ3) is 4.64. The Balaban J connectivity index is 1.65. The molecule has 10 heteroatoms. The highest BCUT2D eigenvalue weighted by Crippen LogP contribution is 2.37. The number of amides is 1. The zero-order chi connectivity index (χ0) is 24.7. The number of carbonyl (C=O) groups excluding carboxylic acids is 1. The normalized spacial score (nSPS) is 15.5. The summed E-state index contributed by atoms with van der Waals surface area (Å²) in [6.45, 7) is 3.07. The van der Waals surface area contributed by atoms with Crippen LogP contribution in [0, 0.1) is 0 Å². The van der Waals surface area contributed by atoms with Crippen LogP contribution >= 0.6 is 11.6 Å². The summed E-state index contributed by atoms with van der Waals surface area (Å²) >= 11 is 5.89. The fraction of sp³-hybridized carbons (Fsp3) is 0.292. The van der Waals surface area contributed by atoms with Crippen LogP contribution in [0.25, 0.3) is 11.1 Å². The van der Waals surface area contributed by atoms with Gasteiger partial charge in [-0.05, 0) is 55.8 Å². The van der Waals surface area contributed by atoms with Crippen LogP contribution < -0.4 is 5.32 Å². The van der Waals surface area contributed by atoms with Crippen LogP contribution in [0.5, 0.6) is 0 Å². The molecule has 4 rings (SSSR count). The number of carbonyl (C=O) groups is 1. The number of alkyl halides is 3. The van der Waals surface area contributed by atoms with E-state index in [-0.39, 0.29) is 24.7 Å². The Hall–Kier alpha value is -3.01. The Morgan fingerprint density at radius 1 is 1.09 bits per heavy atom. The largest absolute Gasteiger partial charge is 0.433 e. The number of nitrogens with zero attached hydrogens (tertiary/aromatic N) is 2. The van der Waals surface area contributed by atoms with Gasteiger partial charge < -0.3 is 15.2 Å². The maximum Gasteiger partial charge on any atom is 0.433 e. The lowest BCUT2D eigenvalue weighted by atomic mass is 9.80. The number of aromatic nitrogens is 2. The highest BCUT2D eigenvalue weighted by atomic mass is 35.5. The maximum absolute atomic E-state index is 13.2. The molecule has 0 atom stereocenters. The summed E-state index contributed by atoms with van der Waals surface area (Å²) in [6, 6.07) is 10.8. The monoisotopic (exact) mass is 491 g/mol. The molecule has 3 aromatic rings. The van der Waals surface area contributed by atoms with Gasteiger partial charge in [0.05, 0.1) is 24.5 Å². The van der Waals surface area contributed by atoms with E-state index in [2.05, 4.69) is 15.3 Å². The quantitative estimate of drug-likeness (QED) is 0.527. The molecule has 0 aliphatic carbocycles. The minimum Gasteiger partial charge on any atom is -0.386 e. The van der Waals surface area contributed by atoms with Crippen LogP contribution in [-0.2, 0) is 26.7 Å². The lowest BCUT2D eigenvalue weighted by molar-refractivity contribution is -0.141. The van der Waals surface area contributed by atoms with Gasteiger partial charge in [-0.1, -0.05) is 17.7 Å². The SMILES string of the molecule is CC(C)(O)c1cc(C(F)(F)F)ncc1-c1ccc(C2(C(=O)Nc3ccc(Cl)cc3)COC2)nc1. The van der Waals surface area contributed by atoms with E-state index in [9.17, 15) is 23.1 Å². The summed E-state index contributed by atoms with van der Waals surface area (Å²) in [7, 11) is 0. The van der Waals surface area contributed by atoms with E-state index in [1.807, 2.05) is 0 Å². The number of halogens is 4. The van der Waals surface area contributed by atoms with Crippen molar-refractivity contribution < 1.29 is 27.8 Å². The molecule has 2 N–H and O–H groups in total. The number of rotatable bonds is 5. The van der Waals surface area contributed by atoms with Crippen molar-refractivity contribution in [3.63, 3.8) is 0 Å². The topological polar surface area (TPSA) is 84.3 Å². The number of benzene rings is 1. The highest BCUT2D eigenvalue weighted by Gasteiger charge is 2.49. The van der Waals surface area contributed by atoms with Crippen LogP contribution in [0.15, 0.2) is 54.9 Å². The number of ether oxygens (including phenoxy) is 1. The third-order valence-corrected chi connectivity index (χ3v) is 5.90. The zero-order valence-electron chi connectivity index (χ0n) is 18.3. The number of pyridine rings is 2. The van der Waals surface area contributed by atoms with Crippen LogP contribution in [0.4, 0.5) is 18.9 Å². The summed E-state index contributed by atoms with van der Waals surface area (Å²) in [5, 5.41) is 13.9. The fourth-order valence-electron chi connectivity index (χ4n) is 3.67. The lowest BCUT2D eigenvalue weighted by Gasteiger charge is -2.39. The fourth-order valence-corrected chi connectivity index (χ4v) is 3.79. The van der Waals surface area contributed by atoms with Crippen molar-refractivity contribution in [1.82, 2.24) is 9.97 Å². The van der Waals surface area contributed by atoms with E-state index in [1.165, 1.54) is 20.0 Å². The Labute approximate surface area is 198 Å². The molecular weight excluding hydrogens is 471 g/mol. The van der Waals surface area contributed by atoms with Gasteiger partial charge in [-0.25, -0.2) is 0 Å². The van der Waals surface area contributed by atoms with Gasteiger partial charge in [0.15, 0.2) is 0 Å². The molecule has 0 spiro atoms. The van der Waals surface area contributed by atoms with Crippen molar-refractivity contribution in [2.45, 2.75) is 31.0 Å². The van der Waals surface area contributed by atoms with E-state index < -0.39 is 22.9 Å². The highest BCUT2D eigenvalue weighted by molar-refractivity contribution is 6.30. The molecule has 1 saturated heterocycles. The van der Waals surface area contributed by atoms with E-state index in [0.717, 1.165) is 12.3 Å². The number of aliphatic hydroxyl groups is 1. The van der Waals surface area contributed by atoms with Gasteiger partial charge in [0.1, 0.15) is 11.1 Å². The molecule has 0 radical (unpaired) electrons. The maximum atomic E-state index is 13.2. The molecule has 0 bridgehead atoms.